The number of likely N-dealkylation sites (tertiary alicyclic amines) is 1. The number of benzene rings is 1. The molecule has 1 aromatic rings. The van der Waals surface area contributed by atoms with Crippen molar-refractivity contribution >= 4 is 5.91 Å². The molecule has 1 heterocycles. The van der Waals surface area contributed by atoms with Gasteiger partial charge in [0.15, 0.2) is 0 Å². The fraction of sp³-hybridized carbons (Fsp3) is 0.533. The van der Waals surface area contributed by atoms with Crippen molar-refractivity contribution in [1.82, 2.24) is 4.90 Å². The Morgan fingerprint density at radius 2 is 2.06 bits per heavy atom. The van der Waals surface area contributed by atoms with E-state index < -0.39 is 6.04 Å². The van der Waals surface area contributed by atoms with Crippen LogP contribution in [0.2, 0.25) is 0 Å². The van der Waals surface area contributed by atoms with Crippen LogP contribution in [0.3, 0.4) is 0 Å². The van der Waals surface area contributed by atoms with E-state index in [9.17, 15) is 4.79 Å². The van der Waals surface area contributed by atoms with E-state index in [0.29, 0.717) is 6.42 Å². The molecule has 1 fully saturated rings. The van der Waals surface area contributed by atoms with Gasteiger partial charge in [0.2, 0.25) is 5.91 Å². The molecule has 2 rings (SSSR count). The van der Waals surface area contributed by atoms with Gasteiger partial charge in [-0.3, -0.25) is 4.79 Å². The van der Waals surface area contributed by atoms with E-state index >= 15 is 0 Å². The van der Waals surface area contributed by atoms with E-state index in [4.69, 9.17) is 5.73 Å². The molecule has 1 aromatic carbocycles. The van der Waals surface area contributed by atoms with Crippen LogP contribution in [0.4, 0.5) is 0 Å². The lowest BCUT2D eigenvalue weighted by molar-refractivity contribution is -0.131. The summed E-state index contributed by atoms with van der Waals surface area (Å²) < 4.78 is 0. The van der Waals surface area contributed by atoms with E-state index in [1.165, 1.54) is 0 Å². The molecule has 98 valence electrons. The van der Waals surface area contributed by atoms with Crippen molar-refractivity contribution in [3.63, 3.8) is 0 Å². The number of carbonyl (C=O) groups excluding carboxylic acids is 1. The van der Waals surface area contributed by atoms with E-state index in [2.05, 4.69) is 13.8 Å². The van der Waals surface area contributed by atoms with Crippen LogP contribution in [0, 0.1) is 5.41 Å². The first-order chi connectivity index (χ1) is 8.48. The molecule has 0 bridgehead atoms. The topological polar surface area (TPSA) is 46.3 Å². The molecular weight excluding hydrogens is 224 g/mol. The van der Waals surface area contributed by atoms with Crippen LogP contribution >= 0.6 is 0 Å². The first-order valence-electron chi connectivity index (χ1n) is 6.56. The van der Waals surface area contributed by atoms with Crippen molar-refractivity contribution in [2.45, 2.75) is 32.7 Å². The minimum absolute atomic E-state index is 0.0874. The molecule has 1 aliphatic rings. The highest BCUT2D eigenvalue weighted by Crippen LogP contribution is 2.29. The van der Waals surface area contributed by atoms with Gasteiger partial charge in [0, 0.05) is 13.1 Å². The van der Waals surface area contributed by atoms with Crippen molar-refractivity contribution < 1.29 is 4.79 Å². The SMILES string of the molecule is CC1(C)CCN(C(=O)[C@@H](N)Cc2ccccc2)C1. The summed E-state index contributed by atoms with van der Waals surface area (Å²) in [5.74, 6) is 0.0874. The average molecular weight is 246 g/mol. The third-order valence-electron chi connectivity index (χ3n) is 3.60. The van der Waals surface area contributed by atoms with Gasteiger partial charge in [0.25, 0.3) is 0 Å². The third-order valence-corrected chi connectivity index (χ3v) is 3.60. The molecule has 0 aliphatic carbocycles. The quantitative estimate of drug-likeness (QED) is 0.884. The predicted molar refractivity (Wildman–Crippen MR) is 73.1 cm³/mol. The Kier molecular flexibility index (Phi) is 3.71. The molecule has 1 aliphatic heterocycles. The summed E-state index contributed by atoms with van der Waals surface area (Å²) in [6, 6.07) is 9.54. The monoisotopic (exact) mass is 246 g/mol. The molecule has 0 saturated carbocycles. The van der Waals surface area contributed by atoms with Crippen LogP contribution in [-0.2, 0) is 11.2 Å². The largest absolute Gasteiger partial charge is 0.341 e. The van der Waals surface area contributed by atoms with Crippen LogP contribution in [0.1, 0.15) is 25.8 Å². The molecule has 0 radical (unpaired) electrons. The summed E-state index contributed by atoms with van der Waals surface area (Å²) in [4.78, 5) is 14.1. The highest BCUT2D eigenvalue weighted by atomic mass is 16.2. The lowest BCUT2D eigenvalue weighted by Gasteiger charge is -2.23. The minimum atomic E-state index is -0.415. The molecule has 3 nitrogen and oxygen atoms in total. The van der Waals surface area contributed by atoms with Crippen molar-refractivity contribution in [1.29, 1.82) is 0 Å². The zero-order valence-corrected chi connectivity index (χ0v) is 11.2. The number of nitrogens with zero attached hydrogens (tertiary/aromatic N) is 1. The number of hydrogen-bond donors (Lipinski definition) is 1. The lowest BCUT2D eigenvalue weighted by atomic mass is 9.93. The fourth-order valence-electron chi connectivity index (χ4n) is 2.49. The van der Waals surface area contributed by atoms with Crippen molar-refractivity contribution in [3.8, 4) is 0 Å². The first kappa shape index (κ1) is 13.1. The number of nitrogens with two attached hydrogens (primary N) is 1. The Morgan fingerprint density at radius 3 is 2.61 bits per heavy atom. The lowest BCUT2D eigenvalue weighted by Crippen LogP contribution is -2.44. The zero-order chi connectivity index (χ0) is 13.2. The molecule has 2 N–H and O–H groups in total. The van der Waals surface area contributed by atoms with Crippen LogP contribution < -0.4 is 5.73 Å². The number of carbonyl (C=O) groups is 1. The van der Waals surface area contributed by atoms with Gasteiger partial charge in [0.05, 0.1) is 6.04 Å². The van der Waals surface area contributed by atoms with E-state index in [0.717, 1.165) is 25.1 Å². The smallest absolute Gasteiger partial charge is 0.239 e. The normalized spacial score (nSPS) is 19.8. The number of amides is 1. The van der Waals surface area contributed by atoms with Gasteiger partial charge >= 0.3 is 0 Å². The number of hydrogen-bond acceptors (Lipinski definition) is 2. The molecule has 1 amide bonds. The molecule has 0 unspecified atom stereocenters. The molecule has 0 aromatic heterocycles. The highest BCUT2D eigenvalue weighted by Gasteiger charge is 2.33. The molecule has 3 heteroatoms. The van der Waals surface area contributed by atoms with Gasteiger partial charge < -0.3 is 10.6 Å². The zero-order valence-electron chi connectivity index (χ0n) is 11.2. The summed E-state index contributed by atoms with van der Waals surface area (Å²) in [7, 11) is 0. The highest BCUT2D eigenvalue weighted by molar-refractivity contribution is 5.82. The second-order valence-electron chi connectivity index (χ2n) is 5.97. The summed E-state index contributed by atoms with van der Waals surface area (Å²) in [6.45, 7) is 6.06. The molecular formula is C15H22N2O. The van der Waals surface area contributed by atoms with Crippen molar-refractivity contribution in [2.24, 2.45) is 11.1 Å². The van der Waals surface area contributed by atoms with Crippen molar-refractivity contribution in [2.75, 3.05) is 13.1 Å². The second-order valence-corrected chi connectivity index (χ2v) is 5.97. The molecule has 0 spiro atoms. The fourth-order valence-corrected chi connectivity index (χ4v) is 2.49. The van der Waals surface area contributed by atoms with E-state index in [1.807, 2.05) is 35.2 Å². The van der Waals surface area contributed by atoms with E-state index in [-0.39, 0.29) is 11.3 Å². The maximum Gasteiger partial charge on any atom is 0.239 e. The van der Waals surface area contributed by atoms with Gasteiger partial charge in [-0.25, -0.2) is 0 Å². The first-order valence-corrected chi connectivity index (χ1v) is 6.56. The van der Waals surface area contributed by atoms with Gasteiger partial charge in [-0.2, -0.15) is 0 Å². The summed E-state index contributed by atoms with van der Waals surface area (Å²) in [5, 5.41) is 0. The maximum absolute atomic E-state index is 12.2. The Morgan fingerprint density at radius 1 is 1.39 bits per heavy atom. The molecule has 1 atom stereocenters. The minimum Gasteiger partial charge on any atom is -0.341 e. The van der Waals surface area contributed by atoms with Crippen molar-refractivity contribution in [3.05, 3.63) is 35.9 Å². The van der Waals surface area contributed by atoms with Crippen LogP contribution in [0.25, 0.3) is 0 Å². The van der Waals surface area contributed by atoms with Crippen LogP contribution in [0.5, 0.6) is 0 Å². The summed E-state index contributed by atoms with van der Waals surface area (Å²) >= 11 is 0. The average Bonchev–Trinajstić information content (AvgIpc) is 2.70. The maximum atomic E-state index is 12.2. The molecule has 18 heavy (non-hydrogen) atoms. The Bertz CT molecular complexity index is 414. The van der Waals surface area contributed by atoms with Crippen LogP contribution in [-0.4, -0.2) is 29.9 Å². The molecule has 1 saturated heterocycles. The Hall–Kier alpha value is -1.35. The predicted octanol–water partition coefficient (Wildman–Crippen LogP) is 1.81. The van der Waals surface area contributed by atoms with Gasteiger partial charge in [-0.15, -0.1) is 0 Å². The Balaban J connectivity index is 1.94. The van der Waals surface area contributed by atoms with Gasteiger partial charge in [0.1, 0.15) is 0 Å². The Labute approximate surface area is 109 Å². The van der Waals surface area contributed by atoms with E-state index in [1.54, 1.807) is 0 Å². The van der Waals surface area contributed by atoms with Gasteiger partial charge in [-0.05, 0) is 23.8 Å². The summed E-state index contributed by atoms with van der Waals surface area (Å²) in [6.07, 6.45) is 1.69. The standard InChI is InChI=1S/C15H22N2O/c1-15(2)8-9-17(11-15)14(18)13(16)10-12-6-4-3-5-7-12/h3-7,13H,8-11,16H2,1-2H3/t13-/m0/s1. The third kappa shape index (κ3) is 3.10. The summed E-state index contributed by atoms with van der Waals surface area (Å²) in [5.41, 5.74) is 7.39. The van der Waals surface area contributed by atoms with Crippen LogP contribution in [0.15, 0.2) is 30.3 Å². The van der Waals surface area contributed by atoms with Gasteiger partial charge in [-0.1, -0.05) is 44.2 Å². The number of rotatable bonds is 3. The second kappa shape index (κ2) is 5.11.